The SMILES string of the molecule is O[C@H](CCOCc1ccccc1)[C@H]1C=CCCO1. The second kappa shape index (κ2) is 7.31. The summed E-state index contributed by atoms with van der Waals surface area (Å²) >= 11 is 0. The quantitative estimate of drug-likeness (QED) is 0.620. The first-order valence-electron chi connectivity index (χ1n) is 6.44. The van der Waals surface area contributed by atoms with E-state index in [2.05, 4.69) is 6.08 Å². The van der Waals surface area contributed by atoms with Gasteiger partial charge in [-0.25, -0.2) is 0 Å². The van der Waals surface area contributed by atoms with Crippen molar-refractivity contribution >= 4 is 0 Å². The topological polar surface area (TPSA) is 38.7 Å². The Labute approximate surface area is 108 Å². The molecule has 18 heavy (non-hydrogen) atoms. The average molecular weight is 248 g/mol. The predicted molar refractivity (Wildman–Crippen MR) is 70.2 cm³/mol. The van der Waals surface area contributed by atoms with Crippen LogP contribution < -0.4 is 0 Å². The molecule has 2 rings (SSSR count). The van der Waals surface area contributed by atoms with E-state index in [4.69, 9.17) is 9.47 Å². The molecule has 0 amide bonds. The second-order valence-electron chi connectivity index (χ2n) is 4.45. The molecule has 0 bridgehead atoms. The highest BCUT2D eigenvalue weighted by Crippen LogP contribution is 2.11. The van der Waals surface area contributed by atoms with Crippen LogP contribution in [0.3, 0.4) is 0 Å². The molecule has 2 atom stereocenters. The number of benzene rings is 1. The molecule has 0 saturated heterocycles. The van der Waals surface area contributed by atoms with Crippen LogP contribution in [0.5, 0.6) is 0 Å². The predicted octanol–water partition coefficient (Wildman–Crippen LogP) is 2.30. The molecular formula is C15H20O3. The number of rotatable bonds is 6. The summed E-state index contributed by atoms with van der Waals surface area (Å²) in [7, 11) is 0. The lowest BCUT2D eigenvalue weighted by atomic mass is 10.1. The van der Waals surface area contributed by atoms with Gasteiger partial charge in [-0.05, 0) is 18.4 Å². The molecule has 1 aliphatic rings. The third-order valence-corrected chi connectivity index (χ3v) is 2.97. The Hall–Kier alpha value is -1.16. The Morgan fingerprint density at radius 3 is 2.89 bits per heavy atom. The first kappa shape index (κ1) is 13.3. The zero-order chi connectivity index (χ0) is 12.6. The summed E-state index contributed by atoms with van der Waals surface area (Å²) in [6, 6.07) is 10.0. The number of aliphatic hydroxyl groups excluding tert-OH is 1. The summed E-state index contributed by atoms with van der Waals surface area (Å²) in [5.74, 6) is 0. The van der Waals surface area contributed by atoms with E-state index in [-0.39, 0.29) is 6.10 Å². The summed E-state index contributed by atoms with van der Waals surface area (Å²) in [5.41, 5.74) is 1.15. The highest BCUT2D eigenvalue weighted by molar-refractivity contribution is 5.13. The van der Waals surface area contributed by atoms with Crippen LogP contribution in [0.1, 0.15) is 18.4 Å². The van der Waals surface area contributed by atoms with Crippen molar-refractivity contribution in [3.8, 4) is 0 Å². The van der Waals surface area contributed by atoms with Crippen molar-refractivity contribution in [1.29, 1.82) is 0 Å². The van der Waals surface area contributed by atoms with Gasteiger partial charge in [-0.2, -0.15) is 0 Å². The minimum Gasteiger partial charge on any atom is -0.390 e. The fraction of sp³-hybridized carbons (Fsp3) is 0.467. The Bertz CT molecular complexity index is 361. The van der Waals surface area contributed by atoms with Gasteiger partial charge < -0.3 is 14.6 Å². The van der Waals surface area contributed by atoms with Gasteiger partial charge in [0.2, 0.25) is 0 Å². The lowest BCUT2D eigenvalue weighted by Gasteiger charge is -2.22. The van der Waals surface area contributed by atoms with Crippen molar-refractivity contribution in [1.82, 2.24) is 0 Å². The van der Waals surface area contributed by atoms with Crippen LogP contribution in [0.15, 0.2) is 42.5 Å². The fourth-order valence-corrected chi connectivity index (χ4v) is 1.93. The Balaban J connectivity index is 1.63. The number of ether oxygens (including phenoxy) is 2. The smallest absolute Gasteiger partial charge is 0.102 e. The fourth-order valence-electron chi connectivity index (χ4n) is 1.93. The van der Waals surface area contributed by atoms with E-state index < -0.39 is 6.10 Å². The van der Waals surface area contributed by atoms with E-state index >= 15 is 0 Å². The van der Waals surface area contributed by atoms with Crippen LogP contribution in [0.4, 0.5) is 0 Å². The molecule has 1 aliphatic heterocycles. The summed E-state index contributed by atoms with van der Waals surface area (Å²) in [6.07, 6.45) is 4.89. The zero-order valence-corrected chi connectivity index (χ0v) is 10.5. The lowest BCUT2D eigenvalue weighted by molar-refractivity contribution is -0.0302. The molecule has 0 spiro atoms. The van der Waals surface area contributed by atoms with Crippen LogP contribution in [0, 0.1) is 0 Å². The van der Waals surface area contributed by atoms with Gasteiger partial charge in [-0.1, -0.05) is 42.5 Å². The van der Waals surface area contributed by atoms with E-state index in [1.54, 1.807) is 0 Å². The van der Waals surface area contributed by atoms with Crippen molar-refractivity contribution in [3.05, 3.63) is 48.0 Å². The van der Waals surface area contributed by atoms with Crippen molar-refractivity contribution in [3.63, 3.8) is 0 Å². The van der Waals surface area contributed by atoms with Crippen molar-refractivity contribution in [2.75, 3.05) is 13.2 Å². The van der Waals surface area contributed by atoms with Gasteiger partial charge in [0.05, 0.1) is 19.3 Å². The van der Waals surface area contributed by atoms with E-state index in [0.29, 0.717) is 26.2 Å². The van der Waals surface area contributed by atoms with Gasteiger partial charge >= 0.3 is 0 Å². The zero-order valence-electron chi connectivity index (χ0n) is 10.5. The molecule has 1 aromatic rings. The molecule has 0 radical (unpaired) electrons. The molecule has 0 fully saturated rings. The van der Waals surface area contributed by atoms with Crippen molar-refractivity contribution in [2.24, 2.45) is 0 Å². The molecule has 1 heterocycles. The first-order chi connectivity index (χ1) is 8.86. The molecule has 3 heteroatoms. The van der Waals surface area contributed by atoms with Gasteiger partial charge in [0.1, 0.15) is 6.10 Å². The monoisotopic (exact) mass is 248 g/mol. The maximum atomic E-state index is 9.91. The van der Waals surface area contributed by atoms with Crippen molar-refractivity contribution < 1.29 is 14.6 Å². The van der Waals surface area contributed by atoms with Crippen LogP contribution in [0.25, 0.3) is 0 Å². The molecule has 3 nitrogen and oxygen atoms in total. The highest BCUT2D eigenvalue weighted by Gasteiger charge is 2.18. The Morgan fingerprint density at radius 1 is 1.33 bits per heavy atom. The minimum absolute atomic E-state index is 0.168. The largest absolute Gasteiger partial charge is 0.390 e. The lowest BCUT2D eigenvalue weighted by Crippen LogP contribution is -2.30. The summed E-state index contributed by atoms with van der Waals surface area (Å²) in [4.78, 5) is 0. The van der Waals surface area contributed by atoms with E-state index in [9.17, 15) is 5.11 Å². The van der Waals surface area contributed by atoms with Crippen molar-refractivity contribution in [2.45, 2.75) is 31.7 Å². The van der Waals surface area contributed by atoms with Crippen LogP contribution in [-0.4, -0.2) is 30.5 Å². The van der Waals surface area contributed by atoms with Gasteiger partial charge in [0, 0.05) is 6.61 Å². The van der Waals surface area contributed by atoms with E-state index in [1.165, 1.54) is 0 Å². The molecular weight excluding hydrogens is 228 g/mol. The average Bonchev–Trinajstić information content (AvgIpc) is 2.45. The highest BCUT2D eigenvalue weighted by atomic mass is 16.5. The Kier molecular flexibility index (Phi) is 5.39. The normalized spacial score (nSPS) is 20.8. The summed E-state index contributed by atoms with van der Waals surface area (Å²) in [5, 5.41) is 9.91. The first-order valence-corrected chi connectivity index (χ1v) is 6.44. The molecule has 0 aromatic heterocycles. The molecule has 1 aromatic carbocycles. The molecule has 0 saturated carbocycles. The van der Waals surface area contributed by atoms with E-state index in [0.717, 1.165) is 12.0 Å². The molecule has 0 unspecified atom stereocenters. The standard InChI is InChI=1S/C15H20O3/c16-14(15-8-4-5-10-18-15)9-11-17-12-13-6-2-1-3-7-13/h1-4,6-8,14-16H,5,9-12H2/t14-,15-/m1/s1. The minimum atomic E-state index is -0.475. The summed E-state index contributed by atoms with van der Waals surface area (Å²) in [6.45, 7) is 1.84. The van der Waals surface area contributed by atoms with Gasteiger partial charge in [-0.15, -0.1) is 0 Å². The molecule has 1 N–H and O–H groups in total. The second-order valence-corrected chi connectivity index (χ2v) is 4.45. The van der Waals surface area contributed by atoms with Gasteiger partial charge in [-0.3, -0.25) is 0 Å². The van der Waals surface area contributed by atoms with Gasteiger partial charge in [0.15, 0.2) is 0 Å². The third-order valence-electron chi connectivity index (χ3n) is 2.97. The molecule has 98 valence electrons. The maximum Gasteiger partial charge on any atom is 0.102 e. The Morgan fingerprint density at radius 2 is 2.17 bits per heavy atom. The number of hydrogen-bond acceptors (Lipinski definition) is 3. The maximum absolute atomic E-state index is 9.91. The summed E-state index contributed by atoms with van der Waals surface area (Å²) < 4.78 is 11.0. The van der Waals surface area contributed by atoms with E-state index in [1.807, 2.05) is 36.4 Å². The number of hydrogen-bond donors (Lipinski definition) is 1. The van der Waals surface area contributed by atoms with Crippen LogP contribution in [0.2, 0.25) is 0 Å². The number of aliphatic hydroxyl groups is 1. The van der Waals surface area contributed by atoms with Gasteiger partial charge in [0.25, 0.3) is 0 Å². The third kappa shape index (κ3) is 4.26. The van der Waals surface area contributed by atoms with Crippen LogP contribution >= 0.6 is 0 Å². The van der Waals surface area contributed by atoms with Crippen LogP contribution in [-0.2, 0) is 16.1 Å². The molecule has 0 aliphatic carbocycles.